The van der Waals surface area contributed by atoms with E-state index in [9.17, 15) is 4.79 Å². The monoisotopic (exact) mass is 276 g/mol. The van der Waals surface area contributed by atoms with Crippen LogP contribution >= 0.6 is 12.4 Å². The lowest BCUT2D eigenvalue weighted by molar-refractivity contribution is -0.124. The molecule has 4 heteroatoms. The van der Waals surface area contributed by atoms with Gasteiger partial charge in [-0.25, -0.2) is 0 Å². The van der Waals surface area contributed by atoms with Crippen LogP contribution in [0.4, 0.5) is 0 Å². The highest BCUT2D eigenvalue weighted by molar-refractivity contribution is 5.85. The van der Waals surface area contributed by atoms with Crippen LogP contribution in [-0.4, -0.2) is 26.0 Å². The molecule has 0 aliphatic heterocycles. The lowest BCUT2D eigenvalue weighted by Crippen LogP contribution is -2.38. The maximum absolute atomic E-state index is 11.8. The van der Waals surface area contributed by atoms with E-state index in [1.807, 2.05) is 14.0 Å². The molecule has 0 spiro atoms. The van der Waals surface area contributed by atoms with Gasteiger partial charge in [0.1, 0.15) is 0 Å². The number of amides is 1. The zero-order valence-corrected chi connectivity index (χ0v) is 13.0. The summed E-state index contributed by atoms with van der Waals surface area (Å²) in [5.74, 6) is 0.943. The Kier molecular flexibility index (Phi) is 7.88. The average molecular weight is 277 g/mol. The van der Waals surface area contributed by atoms with Gasteiger partial charge < -0.3 is 10.6 Å². The zero-order valence-electron chi connectivity index (χ0n) is 12.2. The van der Waals surface area contributed by atoms with E-state index in [0.717, 1.165) is 13.1 Å². The van der Waals surface area contributed by atoms with Crippen LogP contribution in [0.3, 0.4) is 0 Å². The first-order valence-corrected chi connectivity index (χ1v) is 6.87. The second-order valence-electron chi connectivity index (χ2n) is 6.31. The first-order chi connectivity index (χ1) is 7.94. The molecular formula is C14H29ClN2O. The lowest BCUT2D eigenvalue weighted by atomic mass is 9.73. The van der Waals surface area contributed by atoms with E-state index in [-0.39, 0.29) is 24.2 Å². The molecule has 1 fully saturated rings. The second kappa shape index (κ2) is 8.00. The largest absolute Gasteiger partial charge is 0.356 e. The second-order valence-corrected chi connectivity index (χ2v) is 6.31. The predicted molar refractivity (Wildman–Crippen MR) is 79.1 cm³/mol. The van der Waals surface area contributed by atoms with Crippen molar-refractivity contribution in [1.82, 2.24) is 10.6 Å². The van der Waals surface area contributed by atoms with Gasteiger partial charge in [-0.2, -0.15) is 0 Å². The van der Waals surface area contributed by atoms with Crippen molar-refractivity contribution in [3.63, 3.8) is 0 Å². The SMILES string of the molecule is CNCC(C)C(=O)NCC1CCC(C)(C)CC1.Cl. The fourth-order valence-electron chi connectivity index (χ4n) is 2.48. The van der Waals surface area contributed by atoms with Crippen molar-refractivity contribution in [2.75, 3.05) is 20.1 Å². The molecule has 1 atom stereocenters. The number of nitrogens with one attached hydrogen (secondary N) is 2. The molecule has 0 radical (unpaired) electrons. The summed E-state index contributed by atoms with van der Waals surface area (Å²) < 4.78 is 0. The van der Waals surface area contributed by atoms with Crippen LogP contribution < -0.4 is 10.6 Å². The molecule has 1 saturated carbocycles. The minimum atomic E-state index is 0. The maximum atomic E-state index is 11.8. The summed E-state index contributed by atoms with van der Waals surface area (Å²) in [6, 6.07) is 0. The summed E-state index contributed by atoms with van der Waals surface area (Å²) in [6.07, 6.45) is 5.10. The third-order valence-corrected chi connectivity index (χ3v) is 3.98. The summed E-state index contributed by atoms with van der Waals surface area (Å²) in [7, 11) is 1.88. The van der Waals surface area contributed by atoms with Crippen molar-refractivity contribution >= 4 is 18.3 Å². The third kappa shape index (κ3) is 6.05. The summed E-state index contributed by atoms with van der Waals surface area (Å²) in [5.41, 5.74) is 0.514. The van der Waals surface area contributed by atoms with Gasteiger partial charge in [0, 0.05) is 19.0 Å². The van der Waals surface area contributed by atoms with Crippen molar-refractivity contribution in [3.05, 3.63) is 0 Å². The van der Waals surface area contributed by atoms with Gasteiger partial charge >= 0.3 is 0 Å². The van der Waals surface area contributed by atoms with Crippen LogP contribution in [0, 0.1) is 17.3 Å². The maximum Gasteiger partial charge on any atom is 0.224 e. The van der Waals surface area contributed by atoms with Gasteiger partial charge in [-0.05, 0) is 44.1 Å². The van der Waals surface area contributed by atoms with E-state index in [2.05, 4.69) is 24.5 Å². The summed E-state index contributed by atoms with van der Waals surface area (Å²) >= 11 is 0. The van der Waals surface area contributed by atoms with Crippen LogP contribution in [0.5, 0.6) is 0 Å². The summed E-state index contributed by atoms with van der Waals surface area (Å²) in [6.45, 7) is 8.27. The molecular weight excluding hydrogens is 248 g/mol. The number of carbonyl (C=O) groups is 1. The van der Waals surface area contributed by atoms with Crippen LogP contribution in [0.25, 0.3) is 0 Å². The highest BCUT2D eigenvalue weighted by Gasteiger charge is 2.27. The van der Waals surface area contributed by atoms with Crippen LogP contribution in [-0.2, 0) is 4.79 Å². The Labute approximate surface area is 118 Å². The summed E-state index contributed by atoms with van der Waals surface area (Å²) in [5, 5.41) is 6.12. The minimum Gasteiger partial charge on any atom is -0.356 e. The van der Waals surface area contributed by atoms with Crippen molar-refractivity contribution in [2.45, 2.75) is 46.5 Å². The highest BCUT2D eigenvalue weighted by atomic mass is 35.5. The number of rotatable bonds is 5. The van der Waals surface area contributed by atoms with Crippen molar-refractivity contribution in [2.24, 2.45) is 17.3 Å². The highest BCUT2D eigenvalue weighted by Crippen LogP contribution is 2.37. The van der Waals surface area contributed by atoms with E-state index in [4.69, 9.17) is 0 Å². The standard InChI is InChI=1S/C14H28N2O.ClH/c1-11(9-15-4)13(17)16-10-12-5-7-14(2,3)8-6-12;/h11-12,15H,5-10H2,1-4H3,(H,16,17);1H. The third-order valence-electron chi connectivity index (χ3n) is 3.98. The van der Waals surface area contributed by atoms with Gasteiger partial charge in [0.2, 0.25) is 5.91 Å². The van der Waals surface area contributed by atoms with Gasteiger partial charge in [0.15, 0.2) is 0 Å². The number of halogens is 1. The van der Waals surface area contributed by atoms with E-state index < -0.39 is 0 Å². The Morgan fingerprint density at radius 2 is 1.89 bits per heavy atom. The first-order valence-electron chi connectivity index (χ1n) is 6.87. The molecule has 0 bridgehead atoms. The molecule has 1 unspecified atom stereocenters. The Balaban J connectivity index is 0.00000289. The van der Waals surface area contributed by atoms with E-state index in [1.54, 1.807) is 0 Å². The Morgan fingerprint density at radius 3 is 2.39 bits per heavy atom. The molecule has 0 aromatic carbocycles. The van der Waals surface area contributed by atoms with Crippen LogP contribution in [0.15, 0.2) is 0 Å². The predicted octanol–water partition coefficient (Wildman–Crippen LogP) is 2.60. The molecule has 18 heavy (non-hydrogen) atoms. The number of hydrogen-bond acceptors (Lipinski definition) is 2. The normalized spacial score (nSPS) is 20.9. The molecule has 0 aromatic rings. The van der Waals surface area contributed by atoms with Crippen molar-refractivity contribution in [1.29, 1.82) is 0 Å². The average Bonchev–Trinajstić information content (AvgIpc) is 2.27. The van der Waals surface area contributed by atoms with Gasteiger partial charge in [-0.3, -0.25) is 4.79 Å². The Bertz CT molecular complexity index is 246. The molecule has 3 nitrogen and oxygen atoms in total. The van der Waals surface area contributed by atoms with E-state index in [0.29, 0.717) is 11.3 Å². The first kappa shape index (κ1) is 17.7. The molecule has 2 N–H and O–H groups in total. The molecule has 1 amide bonds. The zero-order chi connectivity index (χ0) is 12.9. The minimum absolute atomic E-state index is 0. The number of carbonyl (C=O) groups excluding carboxylic acids is 1. The molecule has 0 aromatic heterocycles. The van der Waals surface area contributed by atoms with Gasteiger partial charge in [-0.15, -0.1) is 12.4 Å². The lowest BCUT2D eigenvalue weighted by Gasteiger charge is -2.34. The van der Waals surface area contributed by atoms with Crippen molar-refractivity contribution in [3.8, 4) is 0 Å². The molecule has 0 heterocycles. The van der Waals surface area contributed by atoms with Gasteiger partial charge in [0.25, 0.3) is 0 Å². The fourth-order valence-corrected chi connectivity index (χ4v) is 2.48. The Morgan fingerprint density at radius 1 is 1.33 bits per heavy atom. The quantitative estimate of drug-likeness (QED) is 0.810. The Hall–Kier alpha value is -0.280. The molecule has 1 aliphatic carbocycles. The van der Waals surface area contributed by atoms with Crippen LogP contribution in [0.1, 0.15) is 46.5 Å². The summed E-state index contributed by atoms with van der Waals surface area (Å²) in [4.78, 5) is 11.8. The number of hydrogen-bond donors (Lipinski definition) is 2. The van der Waals surface area contributed by atoms with Crippen LogP contribution in [0.2, 0.25) is 0 Å². The van der Waals surface area contributed by atoms with E-state index in [1.165, 1.54) is 25.7 Å². The topological polar surface area (TPSA) is 41.1 Å². The fraction of sp³-hybridized carbons (Fsp3) is 0.929. The van der Waals surface area contributed by atoms with Crippen molar-refractivity contribution < 1.29 is 4.79 Å². The molecule has 1 rings (SSSR count). The van der Waals surface area contributed by atoms with Gasteiger partial charge in [-0.1, -0.05) is 20.8 Å². The molecule has 0 saturated heterocycles. The molecule has 1 aliphatic rings. The van der Waals surface area contributed by atoms with Gasteiger partial charge in [0.05, 0.1) is 0 Å². The molecule has 108 valence electrons. The smallest absolute Gasteiger partial charge is 0.224 e. The van der Waals surface area contributed by atoms with E-state index >= 15 is 0 Å².